The van der Waals surface area contributed by atoms with Crippen LogP contribution in [0.3, 0.4) is 0 Å². The molecule has 30 heavy (non-hydrogen) atoms. The maximum absolute atomic E-state index is 11.9. The van der Waals surface area contributed by atoms with Crippen LogP contribution in [0.1, 0.15) is 51.2 Å². The van der Waals surface area contributed by atoms with Crippen LogP contribution in [0.25, 0.3) is 0 Å². The molecule has 3 atom stereocenters. The van der Waals surface area contributed by atoms with Crippen molar-refractivity contribution in [3.63, 3.8) is 0 Å². The van der Waals surface area contributed by atoms with Crippen molar-refractivity contribution in [1.82, 2.24) is 5.32 Å². The van der Waals surface area contributed by atoms with Crippen molar-refractivity contribution in [2.24, 2.45) is 0 Å². The summed E-state index contributed by atoms with van der Waals surface area (Å²) >= 11 is 0. The molecule has 0 fully saturated rings. The van der Waals surface area contributed by atoms with Crippen LogP contribution >= 0.6 is 0 Å². The molecule has 164 valence electrons. The molecular weight excluding hydrogens is 382 g/mol. The molecule has 0 aliphatic carbocycles. The molecule has 6 heteroatoms. The van der Waals surface area contributed by atoms with Crippen LogP contribution < -0.4 is 10.1 Å². The number of amides is 1. The van der Waals surface area contributed by atoms with E-state index in [0.717, 1.165) is 16.9 Å². The first-order chi connectivity index (χ1) is 14.2. The Morgan fingerprint density at radius 3 is 2.27 bits per heavy atom. The normalized spacial score (nSPS) is 14.5. The van der Waals surface area contributed by atoms with E-state index in [9.17, 15) is 15.0 Å². The lowest BCUT2D eigenvalue weighted by molar-refractivity contribution is 0.0327. The lowest BCUT2D eigenvalue weighted by atomic mass is 9.92. The van der Waals surface area contributed by atoms with Crippen molar-refractivity contribution in [2.45, 2.75) is 64.4 Å². The maximum atomic E-state index is 11.9. The highest BCUT2D eigenvalue weighted by atomic mass is 16.6. The fourth-order valence-electron chi connectivity index (χ4n) is 3.02. The number of hydrogen-bond acceptors (Lipinski definition) is 5. The number of aliphatic hydroxyl groups excluding tert-OH is 2. The number of ether oxygens (including phenoxy) is 2. The number of aliphatic hydroxyl groups is 2. The SMILES string of the molecule is CC(CC(O)C(CO)NC(=O)OC(C)(C)C)c1ccc(OCc2ccccc2)cc1. The topological polar surface area (TPSA) is 88.0 Å². The molecular formula is C24H33NO5. The Balaban J connectivity index is 1.87. The Morgan fingerprint density at radius 2 is 1.70 bits per heavy atom. The van der Waals surface area contributed by atoms with Gasteiger partial charge in [0.1, 0.15) is 18.0 Å². The van der Waals surface area contributed by atoms with Gasteiger partial charge in [-0.05, 0) is 56.4 Å². The van der Waals surface area contributed by atoms with Crippen LogP contribution in [-0.2, 0) is 11.3 Å². The Hall–Kier alpha value is -2.57. The van der Waals surface area contributed by atoms with Gasteiger partial charge in [-0.2, -0.15) is 0 Å². The minimum Gasteiger partial charge on any atom is -0.489 e. The summed E-state index contributed by atoms with van der Waals surface area (Å²) in [6.45, 7) is 7.39. The van der Waals surface area contributed by atoms with E-state index in [-0.39, 0.29) is 12.5 Å². The second-order valence-electron chi connectivity index (χ2n) is 8.48. The molecule has 2 aromatic carbocycles. The van der Waals surface area contributed by atoms with Gasteiger partial charge in [0, 0.05) is 0 Å². The summed E-state index contributed by atoms with van der Waals surface area (Å²) < 4.78 is 11.0. The predicted molar refractivity (Wildman–Crippen MR) is 116 cm³/mol. The summed E-state index contributed by atoms with van der Waals surface area (Å²) in [6.07, 6.45) is -1.19. The number of nitrogens with one attached hydrogen (secondary N) is 1. The molecule has 0 aromatic heterocycles. The second-order valence-corrected chi connectivity index (χ2v) is 8.48. The number of benzene rings is 2. The Kier molecular flexibility index (Phi) is 8.69. The number of hydrogen-bond donors (Lipinski definition) is 3. The molecule has 0 aliphatic rings. The summed E-state index contributed by atoms with van der Waals surface area (Å²) in [4.78, 5) is 11.9. The average molecular weight is 416 g/mol. The van der Waals surface area contributed by atoms with E-state index in [1.807, 2.05) is 61.5 Å². The van der Waals surface area contributed by atoms with E-state index >= 15 is 0 Å². The van der Waals surface area contributed by atoms with Gasteiger partial charge in [-0.1, -0.05) is 49.4 Å². The first kappa shape index (κ1) is 23.7. The van der Waals surface area contributed by atoms with Gasteiger partial charge in [-0.25, -0.2) is 4.79 Å². The van der Waals surface area contributed by atoms with Gasteiger partial charge < -0.3 is 25.0 Å². The average Bonchev–Trinajstić information content (AvgIpc) is 2.70. The van der Waals surface area contributed by atoms with Gasteiger partial charge in [-0.15, -0.1) is 0 Å². The highest BCUT2D eigenvalue weighted by Gasteiger charge is 2.25. The first-order valence-corrected chi connectivity index (χ1v) is 10.2. The van der Waals surface area contributed by atoms with Crippen molar-refractivity contribution in [3.05, 3.63) is 65.7 Å². The minimum atomic E-state index is -0.911. The van der Waals surface area contributed by atoms with Gasteiger partial charge in [0.15, 0.2) is 0 Å². The molecule has 3 N–H and O–H groups in total. The third kappa shape index (κ3) is 8.05. The molecule has 6 nitrogen and oxygen atoms in total. The van der Waals surface area contributed by atoms with E-state index < -0.39 is 23.8 Å². The van der Waals surface area contributed by atoms with E-state index in [0.29, 0.717) is 13.0 Å². The number of carbonyl (C=O) groups excluding carboxylic acids is 1. The molecule has 0 saturated heterocycles. The predicted octanol–water partition coefficient (Wildman–Crippen LogP) is 4.01. The quantitative estimate of drug-likeness (QED) is 0.576. The highest BCUT2D eigenvalue weighted by molar-refractivity contribution is 5.68. The molecule has 0 saturated carbocycles. The largest absolute Gasteiger partial charge is 0.489 e. The van der Waals surface area contributed by atoms with Crippen molar-refractivity contribution in [3.8, 4) is 5.75 Å². The van der Waals surface area contributed by atoms with Gasteiger partial charge in [0.25, 0.3) is 0 Å². The summed E-state index contributed by atoms with van der Waals surface area (Å²) in [5.74, 6) is 0.799. The second kappa shape index (κ2) is 11.0. The van der Waals surface area contributed by atoms with Crippen LogP contribution in [0.4, 0.5) is 4.79 Å². The zero-order valence-electron chi connectivity index (χ0n) is 18.2. The van der Waals surface area contributed by atoms with Crippen molar-refractivity contribution < 1.29 is 24.5 Å². The van der Waals surface area contributed by atoms with E-state index in [1.165, 1.54) is 0 Å². The first-order valence-electron chi connectivity index (χ1n) is 10.2. The summed E-state index contributed by atoms with van der Waals surface area (Å²) in [6, 6.07) is 16.9. The highest BCUT2D eigenvalue weighted by Crippen LogP contribution is 2.24. The minimum absolute atomic E-state index is 0.0256. The van der Waals surface area contributed by atoms with E-state index in [1.54, 1.807) is 20.8 Å². The van der Waals surface area contributed by atoms with E-state index in [4.69, 9.17) is 9.47 Å². The van der Waals surface area contributed by atoms with Gasteiger partial charge >= 0.3 is 6.09 Å². The standard InChI is InChI=1S/C24H33NO5/c1-17(14-22(27)21(15-26)25-23(28)30-24(2,3)4)19-10-12-20(13-11-19)29-16-18-8-6-5-7-9-18/h5-13,17,21-22,26-27H,14-16H2,1-4H3,(H,25,28). The summed E-state index contributed by atoms with van der Waals surface area (Å²) in [5.41, 5.74) is 1.49. The zero-order valence-corrected chi connectivity index (χ0v) is 18.2. The summed E-state index contributed by atoms with van der Waals surface area (Å²) in [7, 11) is 0. The molecule has 1 amide bonds. The van der Waals surface area contributed by atoms with Crippen LogP contribution in [-0.4, -0.2) is 40.7 Å². The van der Waals surface area contributed by atoms with Crippen LogP contribution in [0, 0.1) is 0 Å². The number of carbonyl (C=O) groups is 1. The fraction of sp³-hybridized carbons (Fsp3) is 0.458. The van der Waals surface area contributed by atoms with Crippen molar-refractivity contribution >= 4 is 6.09 Å². The lowest BCUT2D eigenvalue weighted by Crippen LogP contribution is -2.47. The van der Waals surface area contributed by atoms with Gasteiger partial charge in [0.2, 0.25) is 0 Å². The monoisotopic (exact) mass is 415 g/mol. The third-order valence-corrected chi connectivity index (χ3v) is 4.66. The molecule has 3 unspecified atom stereocenters. The van der Waals surface area contributed by atoms with Crippen LogP contribution in [0.2, 0.25) is 0 Å². The number of rotatable bonds is 9. The number of alkyl carbamates (subject to hydrolysis) is 1. The Bertz CT molecular complexity index is 770. The fourth-order valence-corrected chi connectivity index (χ4v) is 3.02. The zero-order chi connectivity index (χ0) is 22.1. The summed E-state index contributed by atoms with van der Waals surface area (Å²) in [5, 5.41) is 22.6. The Labute approximate surface area is 178 Å². The van der Waals surface area contributed by atoms with Crippen LogP contribution in [0.15, 0.2) is 54.6 Å². The third-order valence-electron chi connectivity index (χ3n) is 4.66. The smallest absolute Gasteiger partial charge is 0.408 e. The van der Waals surface area contributed by atoms with Crippen LogP contribution in [0.5, 0.6) is 5.75 Å². The Morgan fingerprint density at radius 1 is 1.07 bits per heavy atom. The van der Waals surface area contributed by atoms with Gasteiger partial charge in [-0.3, -0.25) is 0 Å². The molecule has 0 aliphatic heterocycles. The van der Waals surface area contributed by atoms with Crippen molar-refractivity contribution in [1.29, 1.82) is 0 Å². The molecule has 0 heterocycles. The molecule has 0 bridgehead atoms. The lowest BCUT2D eigenvalue weighted by Gasteiger charge is -2.27. The molecule has 2 rings (SSSR count). The molecule has 0 radical (unpaired) electrons. The molecule has 2 aromatic rings. The molecule has 0 spiro atoms. The maximum Gasteiger partial charge on any atom is 0.408 e. The van der Waals surface area contributed by atoms with Crippen molar-refractivity contribution in [2.75, 3.05) is 6.61 Å². The van der Waals surface area contributed by atoms with E-state index in [2.05, 4.69) is 5.32 Å². The van der Waals surface area contributed by atoms with Gasteiger partial charge in [0.05, 0.1) is 18.8 Å².